The molecule has 0 fully saturated rings. The van der Waals surface area contributed by atoms with Crippen molar-refractivity contribution in [2.45, 2.75) is 42.6 Å². The Morgan fingerprint density at radius 3 is 2.06 bits per heavy atom. The highest BCUT2D eigenvalue weighted by atomic mass is 79.9. The highest BCUT2D eigenvalue weighted by Crippen LogP contribution is 2.33. The number of esters is 2. The van der Waals surface area contributed by atoms with Gasteiger partial charge in [0.2, 0.25) is 0 Å². The van der Waals surface area contributed by atoms with Crippen LogP contribution >= 0.6 is 31.9 Å². The summed E-state index contributed by atoms with van der Waals surface area (Å²) in [6.45, 7) is 4.59. The van der Waals surface area contributed by atoms with E-state index in [9.17, 15) is 9.59 Å². The maximum atomic E-state index is 11.1. The zero-order chi connectivity index (χ0) is 13.2. The molecule has 4 nitrogen and oxygen atoms in total. The number of carbonyl (C=O) groups excluding carboxylic acids is 2. The van der Waals surface area contributed by atoms with Crippen molar-refractivity contribution in [1.29, 1.82) is 0 Å². The predicted molar refractivity (Wildman–Crippen MR) is 70.3 cm³/mol. The Morgan fingerprint density at radius 2 is 1.59 bits per heavy atom. The molecule has 1 aliphatic rings. The summed E-state index contributed by atoms with van der Waals surface area (Å²) in [4.78, 5) is 21.8. The highest BCUT2D eigenvalue weighted by Gasteiger charge is 2.41. The Bertz CT molecular complexity index is 353. The normalized spacial score (nSPS) is 32.6. The molecule has 0 aromatic carbocycles. The Hall–Kier alpha value is -0.360. The van der Waals surface area contributed by atoms with Crippen molar-refractivity contribution < 1.29 is 19.1 Å². The predicted octanol–water partition coefficient (Wildman–Crippen LogP) is 2.34. The lowest BCUT2D eigenvalue weighted by Crippen LogP contribution is -2.48. The fourth-order valence-electron chi connectivity index (χ4n) is 1.69. The SMILES string of the molecule is CC(=O)O[C@H]1[C@H](OC(C)=O)[C@@H](Br)C(C)=C[C@@H]1Br. The van der Waals surface area contributed by atoms with Crippen LogP contribution in [0.1, 0.15) is 20.8 Å². The van der Waals surface area contributed by atoms with Gasteiger partial charge >= 0.3 is 11.9 Å². The minimum absolute atomic E-state index is 0.149. The van der Waals surface area contributed by atoms with Crippen LogP contribution in [0, 0.1) is 0 Å². The van der Waals surface area contributed by atoms with Crippen LogP contribution < -0.4 is 0 Å². The summed E-state index contributed by atoms with van der Waals surface area (Å²) in [6.07, 6.45) is 0.891. The van der Waals surface area contributed by atoms with Crippen LogP contribution in [-0.2, 0) is 19.1 Å². The molecule has 0 unspecified atom stereocenters. The van der Waals surface area contributed by atoms with Crippen molar-refractivity contribution in [3.05, 3.63) is 11.6 Å². The monoisotopic (exact) mass is 368 g/mol. The lowest BCUT2D eigenvalue weighted by atomic mass is 9.94. The van der Waals surface area contributed by atoms with Crippen molar-refractivity contribution in [2.24, 2.45) is 0 Å². The van der Waals surface area contributed by atoms with Gasteiger partial charge in [0, 0.05) is 13.8 Å². The first-order valence-electron chi connectivity index (χ1n) is 5.14. The van der Waals surface area contributed by atoms with Crippen LogP contribution in [-0.4, -0.2) is 33.8 Å². The maximum Gasteiger partial charge on any atom is 0.303 e. The molecule has 96 valence electrons. The molecule has 0 aromatic rings. The maximum absolute atomic E-state index is 11.1. The van der Waals surface area contributed by atoms with Gasteiger partial charge in [0.25, 0.3) is 0 Å². The van der Waals surface area contributed by atoms with Gasteiger partial charge < -0.3 is 9.47 Å². The first kappa shape index (κ1) is 14.7. The van der Waals surface area contributed by atoms with Crippen LogP contribution in [0.4, 0.5) is 0 Å². The quantitative estimate of drug-likeness (QED) is 0.426. The largest absolute Gasteiger partial charge is 0.457 e. The molecule has 6 heteroatoms. The third kappa shape index (κ3) is 3.81. The topological polar surface area (TPSA) is 52.6 Å². The van der Waals surface area contributed by atoms with E-state index in [1.54, 1.807) is 0 Å². The van der Waals surface area contributed by atoms with E-state index in [1.807, 2.05) is 13.0 Å². The zero-order valence-corrected chi connectivity index (χ0v) is 12.9. The Morgan fingerprint density at radius 1 is 1.12 bits per heavy atom. The van der Waals surface area contributed by atoms with E-state index in [-0.39, 0.29) is 9.65 Å². The van der Waals surface area contributed by atoms with Crippen molar-refractivity contribution in [3.63, 3.8) is 0 Å². The summed E-state index contributed by atoms with van der Waals surface area (Å²) in [6, 6.07) is 0. The second-order valence-electron chi connectivity index (χ2n) is 3.90. The molecule has 1 rings (SSSR count). The van der Waals surface area contributed by atoms with E-state index in [2.05, 4.69) is 31.9 Å². The molecule has 0 saturated carbocycles. The second-order valence-corrected chi connectivity index (χ2v) is 5.95. The van der Waals surface area contributed by atoms with Crippen LogP contribution in [0.2, 0.25) is 0 Å². The van der Waals surface area contributed by atoms with Crippen LogP contribution in [0.5, 0.6) is 0 Å². The van der Waals surface area contributed by atoms with Crippen molar-refractivity contribution in [2.75, 3.05) is 0 Å². The van der Waals surface area contributed by atoms with E-state index >= 15 is 0 Å². The molecule has 0 spiro atoms. The Kier molecular flexibility index (Phi) is 5.19. The lowest BCUT2D eigenvalue weighted by Gasteiger charge is -2.36. The molecule has 0 aromatic heterocycles. The van der Waals surface area contributed by atoms with E-state index in [0.717, 1.165) is 5.57 Å². The van der Waals surface area contributed by atoms with Crippen LogP contribution in [0.3, 0.4) is 0 Å². The average Bonchev–Trinajstić information content (AvgIpc) is 2.19. The molecule has 0 saturated heterocycles. The van der Waals surface area contributed by atoms with Gasteiger partial charge in [-0.05, 0) is 6.92 Å². The summed E-state index contributed by atoms with van der Waals surface area (Å²) >= 11 is 6.86. The molecule has 0 heterocycles. The molecule has 0 radical (unpaired) electrons. The Balaban J connectivity index is 2.95. The molecule has 0 bridgehead atoms. The second kappa shape index (κ2) is 6.00. The van der Waals surface area contributed by atoms with Gasteiger partial charge in [-0.15, -0.1) is 0 Å². The number of ether oxygens (including phenoxy) is 2. The number of alkyl halides is 2. The minimum Gasteiger partial charge on any atom is -0.457 e. The highest BCUT2D eigenvalue weighted by molar-refractivity contribution is 9.10. The number of carbonyl (C=O) groups is 2. The average molecular weight is 370 g/mol. The third-order valence-corrected chi connectivity index (χ3v) is 4.42. The van der Waals surface area contributed by atoms with Gasteiger partial charge in [-0.3, -0.25) is 9.59 Å². The van der Waals surface area contributed by atoms with Crippen molar-refractivity contribution in [1.82, 2.24) is 0 Å². The summed E-state index contributed by atoms with van der Waals surface area (Å²) in [5.74, 6) is -0.796. The first-order chi connectivity index (χ1) is 7.82. The van der Waals surface area contributed by atoms with Gasteiger partial charge in [0.05, 0.1) is 9.65 Å². The van der Waals surface area contributed by atoms with Crippen LogP contribution in [0.25, 0.3) is 0 Å². The molecule has 4 atom stereocenters. The molecular weight excluding hydrogens is 356 g/mol. The number of rotatable bonds is 2. The molecule has 0 aliphatic heterocycles. The first-order valence-corrected chi connectivity index (χ1v) is 6.97. The van der Waals surface area contributed by atoms with Gasteiger partial charge in [-0.2, -0.15) is 0 Å². The molecular formula is C11H14Br2O4. The number of hydrogen-bond acceptors (Lipinski definition) is 4. The fourth-order valence-corrected chi connectivity index (χ4v) is 3.07. The minimum atomic E-state index is -0.524. The number of hydrogen-bond donors (Lipinski definition) is 0. The van der Waals surface area contributed by atoms with Gasteiger partial charge in [-0.25, -0.2) is 0 Å². The van der Waals surface area contributed by atoms with Gasteiger partial charge in [0.1, 0.15) is 0 Å². The van der Waals surface area contributed by atoms with Crippen molar-refractivity contribution >= 4 is 43.8 Å². The summed E-state index contributed by atoms with van der Waals surface area (Å²) in [5.41, 5.74) is 1.03. The lowest BCUT2D eigenvalue weighted by molar-refractivity contribution is -0.164. The van der Waals surface area contributed by atoms with Gasteiger partial charge in [0.15, 0.2) is 12.2 Å². The zero-order valence-electron chi connectivity index (χ0n) is 9.78. The molecule has 0 amide bonds. The molecule has 1 aliphatic carbocycles. The number of halogens is 2. The smallest absolute Gasteiger partial charge is 0.303 e. The fraction of sp³-hybridized carbons (Fsp3) is 0.636. The summed E-state index contributed by atoms with van der Waals surface area (Å²) < 4.78 is 10.4. The van der Waals surface area contributed by atoms with E-state index in [4.69, 9.17) is 9.47 Å². The molecule has 17 heavy (non-hydrogen) atoms. The molecule has 0 N–H and O–H groups in total. The summed E-state index contributed by atoms with van der Waals surface area (Å²) in [5, 5.41) is 0. The Labute approximate surface area is 117 Å². The van der Waals surface area contributed by atoms with E-state index in [0.29, 0.717) is 0 Å². The van der Waals surface area contributed by atoms with E-state index < -0.39 is 24.1 Å². The summed E-state index contributed by atoms with van der Waals surface area (Å²) in [7, 11) is 0. The van der Waals surface area contributed by atoms with Crippen LogP contribution in [0.15, 0.2) is 11.6 Å². The van der Waals surface area contributed by atoms with Gasteiger partial charge in [-0.1, -0.05) is 43.5 Å². The third-order valence-electron chi connectivity index (χ3n) is 2.39. The standard InChI is InChI=1S/C11H14Br2O4/c1-5-4-8(12)10(16-6(2)14)11(9(5)13)17-7(3)15/h4,8-11H,1-3H3/t8-,9-,10+,11+/m0/s1. The van der Waals surface area contributed by atoms with E-state index in [1.165, 1.54) is 13.8 Å². The van der Waals surface area contributed by atoms with Crippen molar-refractivity contribution in [3.8, 4) is 0 Å².